The third-order valence-electron chi connectivity index (χ3n) is 5.09. The lowest BCUT2D eigenvalue weighted by molar-refractivity contribution is -0.184. The zero-order valence-corrected chi connectivity index (χ0v) is 11.9. The Balaban J connectivity index is 1.45. The predicted molar refractivity (Wildman–Crippen MR) is 72.9 cm³/mol. The van der Waals surface area contributed by atoms with E-state index in [4.69, 9.17) is 9.47 Å². The fourth-order valence-electron chi connectivity index (χ4n) is 3.83. The average molecular weight is 269 g/mol. The zero-order valence-electron chi connectivity index (χ0n) is 11.9. The maximum atomic E-state index is 10.6. The number of fused-ring (bicyclic) bond motifs is 1. The highest BCUT2D eigenvalue weighted by molar-refractivity contribution is 4.95. The Morgan fingerprint density at radius 3 is 2.79 bits per heavy atom. The van der Waals surface area contributed by atoms with Crippen LogP contribution in [-0.2, 0) is 9.47 Å². The number of ether oxygens (including phenoxy) is 2. The summed E-state index contributed by atoms with van der Waals surface area (Å²) in [5.41, 5.74) is -0.355. The topological polar surface area (TPSA) is 41.9 Å². The van der Waals surface area contributed by atoms with Gasteiger partial charge in [-0.3, -0.25) is 0 Å². The number of aliphatic hydroxyl groups is 1. The molecule has 0 radical (unpaired) electrons. The molecule has 1 N–H and O–H groups in total. The maximum Gasteiger partial charge on any atom is 0.158 e. The molecule has 2 atom stereocenters. The smallest absolute Gasteiger partial charge is 0.158 e. The molecule has 2 saturated heterocycles. The van der Waals surface area contributed by atoms with Gasteiger partial charge in [0.2, 0.25) is 0 Å². The van der Waals surface area contributed by atoms with Gasteiger partial charge in [0.05, 0.1) is 18.8 Å². The lowest BCUT2D eigenvalue weighted by Crippen LogP contribution is -2.53. The van der Waals surface area contributed by atoms with Crippen LogP contribution in [0.4, 0.5) is 0 Å². The van der Waals surface area contributed by atoms with Crippen LogP contribution in [-0.4, -0.2) is 54.7 Å². The standard InChI is InChI=1S/C15H27NO3/c17-15-6-2-1-4-13(15)12-16(9-7-15)8-5-14-18-10-3-11-19-14/h13-14,17H,1-12H2. The Morgan fingerprint density at radius 1 is 1.11 bits per heavy atom. The molecule has 2 aliphatic heterocycles. The van der Waals surface area contributed by atoms with Crippen LogP contribution in [0.25, 0.3) is 0 Å². The number of nitrogens with zero attached hydrogens (tertiary/aromatic N) is 1. The van der Waals surface area contributed by atoms with E-state index in [-0.39, 0.29) is 11.9 Å². The van der Waals surface area contributed by atoms with E-state index in [0.29, 0.717) is 5.92 Å². The highest BCUT2D eigenvalue weighted by atomic mass is 16.7. The van der Waals surface area contributed by atoms with Crippen LogP contribution in [0.5, 0.6) is 0 Å². The van der Waals surface area contributed by atoms with E-state index in [9.17, 15) is 5.11 Å². The fraction of sp³-hybridized carbons (Fsp3) is 1.00. The van der Waals surface area contributed by atoms with Gasteiger partial charge in [-0.1, -0.05) is 12.8 Å². The molecular weight excluding hydrogens is 242 g/mol. The summed E-state index contributed by atoms with van der Waals surface area (Å²) in [5, 5.41) is 10.6. The van der Waals surface area contributed by atoms with Crippen LogP contribution in [0.2, 0.25) is 0 Å². The molecule has 3 aliphatic rings. The van der Waals surface area contributed by atoms with Crippen molar-refractivity contribution >= 4 is 0 Å². The van der Waals surface area contributed by atoms with Crippen molar-refractivity contribution in [3.8, 4) is 0 Å². The number of likely N-dealkylation sites (tertiary alicyclic amines) is 1. The number of hydrogen-bond acceptors (Lipinski definition) is 4. The molecule has 2 unspecified atom stereocenters. The fourth-order valence-corrected chi connectivity index (χ4v) is 3.83. The first-order valence-electron chi connectivity index (χ1n) is 7.94. The van der Waals surface area contributed by atoms with Crippen molar-refractivity contribution in [2.45, 2.75) is 56.8 Å². The van der Waals surface area contributed by atoms with E-state index < -0.39 is 0 Å². The van der Waals surface area contributed by atoms with Crippen molar-refractivity contribution in [1.82, 2.24) is 4.90 Å². The summed E-state index contributed by atoms with van der Waals surface area (Å²) in [5.74, 6) is 0.489. The van der Waals surface area contributed by atoms with Crippen LogP contribution in [0.3, 0.4) is 0 Å². The molecule has 19 heavy (non-hydrogen) atoms. The Morgan fingerprint density at radius 2 is 1.95 bits per heavy atom. The van der Waals surface area contributed by atoms with E-state index in [2.05, 4.69) is 4.90 Å². The van der Waals surface area contributed by atoms with Gasteiger partial charge in [0, 0.05) is 32.0 Å². The summed E-state index contributed by atoms with van der Waals surface area (Å²) in [7, 11) is 0. The van der Waals surface area contributed by atoms with Crippen molar-refractivity contribution < 1.29 is 14.6 Å². The van der Waals surface area contributed by atoms with Gasteiger partial charge in [-0.2, -0.15) is 0 Å². The van der Waals surface area contributed by atoms with E-state index in [1.807, 2.05) is 0 Å². The van der Waals surface area contributed by atoms with Crippen LogP contribution in [0.1, 0.15) is 44.9 Å². The highest BCUT2D eigenvalue weighted by Crippen LogP contribution is 2.39. The molecule has 3 rings (SSSR count). The molecule has 0 amide bonds. The van der Waals surface area contributed by atoms with Crippen LogP contribution < -0.4 is 0 Å². The third kappa shape index (κ3) is 3.30. The largest absolute Gasteiger partial charge is 0.390 e. The van der Waals surface area contributed by atoms with E-state index in [1.165, 1.54) is 19.3 Å². The molecule has 1 aliphatic carbocycles. The molecule has 4 heteroatoms. The number of hydrogen-bond donors (Lipinski definition) is 1. The molecule has 0 aromatic carbocycles. The Labute approximate surface area is 116 Å². The van der Waals surface area contributed by atoms with Crippen molar-refractivity contribution in [1.29, 1.82) is 0 Å². The van der Waals surface area contributed by atoms with E-state index in [1.54, 1.807) is 0 Å². The Bertz CT molecular complexity index is 293. The lowest BCUT2D eigenvalue weighted by Gasteiger charge is -2.47. The van der Waals surface area contributed by atoms with Crippen LogP contribution in [0, 0.1) is 5.92 Å². The second-order valence-electron chi connectivity index (χ2n) is 6.41. The second-order valence-corrected chi connectivity index (χ2v) is 6.41. The first-order chi connectivity index (χ1) is 9.26. The molecular formula is C15H27NO3. The van der Waals surface area contributed by atoms with Crippen LogP contribution >= 0.6 is 0 Å². The van der Waals surface area contributed by atoms with Gasteiger partial charge in [-0.15, -0.1) is 0 Å². The number of piperidine rings is 1. The molecule has 1 saturated carbocycles. The summed E-state index contributed by atoms with van der Waals surface area (Å²) in [4.78, 5) is 2.49. The molecule has 3 fully saturated rings. The highest BCUT2D eigenvalue weighted by Gasteiger charge is 2.42. The summed E-state index contributed by atoms with van der Waals surface area (Å²) >= 11 is 0. The number of rotatable bonds is 3. The molecule has 0 bridgehead atoms. The van der Waals surface area contributed by atoms with Gasteiger partial charge in [-0.05, 0) is 25.7 Å². The van der Waals surface area contributed by atoms with Gasteiger partial charge in [-0.25, -0.2) is 0 Å². The molecule has 110 valence electrons. The summed E-state index contributed by atoms with van der Waals surface area (Å²) in [6.07, 6.45) is 7.64. The van der Waals surface area contributed by atoms with Crippen molar-refractivity contribution in [3.05, 3.63) is 0 Å². The monoisotopic (exact) mass is 269 g/mol. The molecule has 0 aromatic rings. The predicted octanol–water partition coefficient (Wildman–Crippen LogP) is 1.77. The first kappa shape index (κ1) is 13.8. The minimum absolute atomic E-state index is 0.000848. The molecule has 0 spiro atoms. The quantitative estimate of drug-likeness (QED) is 0.848. The average Bonchev–Trinajstić information content (AvgIpc) is 2.46. The van der Waals surface area contributed by atoms with Crippen molar-refractivity contribution in [2.24, 2.45) is 5.92 Å². The molecule has 0 aromatic heterocycles. The van der Waals surface area contributed by atoms with Gasteiger partial charge >= 0.3 is 0 Å². The first-order valence-corrected chi connectivity index (χ1v) is 7.94. The van der Waals surface area contributed by atoms with Crippen LogP contribution in [0.15, 0.2) is 0 Å². The van der Waals surface area contributed by atoms with Crippen molar-refractivity contribution in [2.75, 3.05) is 32.8 Å². The van der Waals surface area contributed by atoms with E-state index >= 15 is 0 Å². The SMILES string of the molecule is OC12CCCCC1CN(CCC1OCCCO1)CC2. The second kappa shape index (κ2) is 6.08. The van der Waals surface area contributed by atoms with Gasteiger partial charge in [0.15, 0.2) is 6.29 Å². The normalized spacial score (nSPS) is 38.1. The summed E-state index contributed by atoms with van der Waals surface area (Å²) < 4.78 is 11.2. The molecule has 4 nitrogen and oxygen atoms in total. The molecule has 2 heterocycles. The lowest BCUT2D eigenvalue weighted by atomic mass is 9.71. The van der Waals surface area contributed by atoms with Crippen molar-refractivity contribution in [3.63, 3.8) is 0 Å². The van der Waals surface area contributed by atoms with E-state index in [0.717, 1.165) is 58.5 Å². The summed E-state index contributed by atoms with van der Waals surface area (Å²) in [6, 6.07) is 0. The van der Waals surface area contributed by atoms with Gasteiger partial charge < -0.3 is 19.5 Å². The maximum absolute atomic E-state index is 10.6. The Hall–Kier alpha value is -0.160. The Kier molecular flexibility index (Phi) is 4.42. The van der Waals surface area contributed by atoms with Gasteiger partial charge in [0.25, 0.3) is 0 Å². The minimum Gasteiger partial charge on any atom is -0.390 e. The summed E-state index contributed by atoms with van der Waals surface area (Å²) in [6.45, 7) is 4.81. The third-order valence-corrected chi connectivity index (χ3v) is 5.09. The zero-order chi connectivity index (χ0) is 13.1. The van der Waals surface area contributed by atoms with Gasteiger partial charge in [0.1, 0.15) is 0 Å². The minimum atomic E-state index is -0.355.